The minimum atomic E-state index is -0.988. The fraction of sp³-hybridized carbons (Fsp3) is 0.200. The molecule has 0 unspecified atom stereocenters. The van der Waals surface area contributed by atoms with Crippen LogP contribution in [0.4, 0.5) is 0 Å². The lowest BCUT2D eigenvalue weighted by Gasteiger charge is -2.04. The van der Waals surface area contributed by atoms with E-state index in [4.69, 9.17) is 4.74 Å². The summed E-state index contributed by atoms with van der Waals surface area (Å²) in [6, 6.07) is 5.74. The molecule has 0 saturated carbocycles. The third-order valence-electron chi connectivity index (χ3n) is 3.62. The van der Waals surface area contributed by atoms with Gasteiger partial charge in [0, 0.05) is 36.8 Å². The van der Waals surface area contributed by atoms with E-state index in [1.165, 1.54) is 6.20 Å². The number of hydrogen-bond acceptors (Lipinski definition) is 3. The molecule has 6 heteroatoms. The van der Waals surface area contributed by atoms with Gasteiger partial charge < -0.3 is 14.4 Å². The molecule has 0 amide bonds. The number of nitrogens with zero attached hydrogens (tertiary/aromatic N) is 3. The van der Waals surface area contributed by atoms with Crippen molar-refractivity contribution in [2.45, 2.75) is 0 Å². The molecular weight excluding hydrogens is 270 g/mol. The van der Waals surface area contributed by atoms with Crippen LogP contribution in [-0.4, -0.2) is 32.5 Å². The second-order valence-electron chi connectivity index (χ2n) is 4.87. The normalized spacial score (nSPS) is 11.0. The maximum atomic E-state index is 11.4. The largest absolute Gasteiger partial charge is 0.497 e. The number of aromatic nitrogens is 3. The highest BCUT2D eigenvalue weighted by atomic mass is 16.5. The van der Waals surface area contributed by atoms with Crippen molar-refractivity contribution in [3.8, 4) is 17.0 Å². The van der Waals surface area contributed by atoms with Crippen LogP contribution in [0.15, 0.2) is 30.6 Å². The van der Waals surface area contributed by atoms with Crippen molar-refractivity contribution in [2.24, 2.45) is 14.1 Å². The first-order valence-electron chi connectivity index (χ1n) is 6.41. The molecule has 0 saturated heterocycles. The van der Waals surface area contributed by atoms with E-state index in [2.05, 4.69) is 5.10 Å². The van der Waals surface area contributed by atoms with Crippen molar-refractivity contribution in [1.82, 2.24) is 14.3 Å². The van der Waals surface area contributed by atoms with Crippen molar-refractivity contribution in [2.75, 3.05) is 7.11 Å². The van der Waals surface area contributed by atoms with E-state index in [1.807, 2.05) is 36.0 Å². The average molecular weight is 285 g/mol. The molecule has 6 nitrogen and oxygen atoms in total. The number of carboxylic acids is 1. The summed E-state index contributed by atoms with van der Waals surface area (Å²) in [7, 11) is 5.27. The molecule has 21 heavy (non-hydrogen) atoms. The predicted molar refractivity (Wildman–Crippen MR) is 78.6 cm³/mol. The smallest absolute Gasteiger partial charge is 0.339 e. The van der Waals surface area contributed by atoms with Gasteiger partial charge in [0.05, 0.1) is 19.0 Å². The van der Waals surface area contributed by atoms with E-state index in [9.17, 15) is 9.90 Å². The van der Waals surface area contributed by atoms with E-state index in [0.717, 1.165) is 22.2 Å². The minimum absolute atomic E-state index is 0.188. The number of methoxy groups -OCH3 is 1. The third-order valence-corrected chi connectivity index (χ3v) is 3.62. The number of fused-ring (bicyclic) bond motifs is 1. The summed E-state index contributed by atoms with van der Waals surface area (Å²) in [6.45, 7) is 0. The molecule has 1 aromatic carbocycles. The van der Waals surface area contributed by atoms with Gasteiger partial charge >= 0.3 is 5.97 Å². The van der Waals surface area contributed by atoms with Gasteiger partial charge in [-0.25, -0.2) is 4.79 Å². The van der Waals surface area contributed by atoms with Crippen LogP contribution in [0.1, 0.15) is 10.4 Å². The Morgan fingerprint density at radius 3 is 2.76 bits per heavy atom. The topological polar surface area (TPSA) is 69.3 Å². The molecule has 0 radical (unpaired) electrons. The van der Waals surface area contributed by atoms with Crippen molar-refractivity contribution >= 4 is 16.9 Å². The molecule has 0 aliphatic rings. The highest BCUT2D eigenvalue weighted by Gasteiger charge is 2.20. The molecule has 0 spiro atoms. The Bertz CT molecular complexity index is 845. The van der Waals surface area contributed by atoms with Gasteiger partial charge in [-0.15, -0.1) is 0 Å². The highest BCUT2D eigenvalue weighted by Crippen LogP contribution is 2.34. The number of carbonyl (C=O) groups is 1. The Hall–Kier alpha value is -2.76. The lowest BCUT2D eigenvalue weighted by atomic mass is 10.1. The van der Waals surface area contributed by atoms with Gasteiger partial charge in [-0.1, -0.05) is 0 Å². The second kappa shape index (κ2) is 4.66. The Kier molecular flexibility index (Phi) is 2.94. The van der Waals surface area contributed by atoms with Gasteiger partial charge in [0.1, 0.15) is 11.3 Å². The highest BCUT2D eigenvalue weighted by molar-refractivity contribution is 6.02. The zero-order valence-electron chi connectivity index (χ0n) is 12.0. The molecule has 0 bridgehead atoms. The summed E-state index contributed by atoms with van der Waals surface area (Å²) < 4.78 is 8.81. The number of ether oxygens (including phenoxy) is 1. The van der Waals surface area contributed by atoms with Gasteiger partial charge in [0.15, 0.2) is 0 Å². The summed E-state index contributed by atoms with van der Waals surface area (Å²) in [6.07, 6.45) is 3.28. The first kappa shape index (κ1) is 13.2. The van der Waals surface area contributed by atoms with Crippen LogP contribution >= 0.6 is 0 Å². The van der Waals surface area contributed by atoms with Gasteiger partial charge in [0.25, 0.3) is 0 Å². The Morgan fingerprint density at radius 1 is 1.33 bits per heavy atom. The third kappa shape index (κ3) is 1.96. The maximum Gasteiger partial charge on any atom is 0.339 e. The molecule has 1 N–H and O–H groups in total. The monoisotopic (exact) mass is 285 g/mol. The van der Waals surface area contributed by atoms with E-state index < -0.39 is 5.97 Å². The number of carboxylic acid groups (broad SMARTS) is 1. The molecule has 0 aliphatic heterocycles. The molecule has 0 aliphatic carbocycles. The van der Waals surface area contributed by atoms with Crippen LogP contribution in [0, 0.1) is 0 Å². The van der Waals surface area contributed by atoms with E-state index >= 15 is 0 Å². The fourth-order valence-corrected chi connectivity index (χ4v) is 2.60. The van der Waals surface area contributed by atoms with E-state index in [-0.39, 0.29) is 5.56 Å². The predicted octanol–water partition coefficient (Wildman–Crippen LogP) is 2.29. The molecule has 0 atom stereocenters. The number of benzene rings is 1. The van der Waals surface area contributed by atoms with Crippen LogP contribution in [0.3, 0.4) is 0 Å². The first-order valence-corrected chi connectivity index (χ1v) is 6.41. The van der Waals surface area contributed by atoms with Crippen molar-refractivity contribution in [3.63, 3.8) is 0 Å². The molecular formula is C15H15N3O3. The van der Waals surface area contributed by atoms with E-state index in [1.54, 1.807) is 18.8 Å². The summed E-state index contributed by atoms with van der Waals surface area (Å²) in [4.78, 5) is 11.4. The maximum absolute atomic E-state index is 11.4. The molecule has 108 valence electrons. The van der Waals surface area contributed by atoms with Gasteiger partial charge in [-0.05, 0) is 18.2 Å². The molecule has 3 rings (SSSR count). The minimum Gasteiger partial charge on any atom is -0.497 e. The zero-order chi connectivity index (χ0) is 15.1. The Morgan fingerprint density at radius 2 is 2.10 bits per heavy atom. The Labute approximate surface area is 121 Å². The quantitative estimate of drug-likeness (QED) is 0.801. The number of hydrogen-bond donors (Lipinski definition) is 1. The van der Waals surface area contributed by atoms with Crippen LogP contribution in [0.25, 0.3) is 22.2 Å². The lowest BCUT2D eigenvalue weighted by Crippen LogP contribution is -2.00. The van der Waals surface area contributed by atoms with Crippen molar-refractivity contribution in [1.29, 1.82) is 0 Å². The number of rotatable bonds is 3. The standard InChI is InChI=1S/C15H15N3O3/c1-17-8-12(10-6-9(21-3)4-5-13(10)17)14-11(15(19)20)7-16-18(14)2/h4-8H,1-3H3,(H,19,20). The number of aromatic carboxylic acids is 1. The summed E-state index contributed by atoms with van der Waals surface area (Å²) in [5, 5.41) is 14.3. The van der Waals surface area contributed by atoms with Gasteiger partial charge in [0.2, 0.25) is 0 Å². The van der Waals surface area contributed by atoms with Gasteiger partial charge in [-0.2, -0.15) is 5.10 Å². The van der Waals surface area contributed by atoms with Gasteiger partial charge in [-0.3, -0.25) is 4.68 Å². The number of aryl methyl sites for hydroxylation is 2. The average Bonchev–Trinajstić information content (AvgIpc) is 2.99. The van der Waals surface area contributed by atoms with Crippen LogP contribution in [-0.2, 0) is 14.1 Å². The fourth-order valence-electron chi connectivity index (χ4n) is 2.60. The lowest BCUT2D eigenvalue weighted by molar-refractivity contribution is 0.0697. The second-order valence-corrected chi connectivity index (χ2v) is 4.87. The van der Waals surface area contributed by atoms with Crippen molar-refractivity contribution in [3.05, 3.63) is 36.2 Å². The van der Waals surface area contributed by atoms with E-state index in [0.29, 0.717) is 5.69 Å². The summed E-state index contributed by atoms with van der Waals surface area (Å²) in [5.74, 6) is -0.257. The van der Waals surface area contributed by atoms with Crippen LogP contribution in [0.2, 0.25) is 0 Å². The van der Waals surface area contributed by atoms with Crippen molar-refractivity contribution < 1.29 is 14.6 Å². The molecule has 2 aromatic heterocycles. The first-order chi connectivity index (χ1) is 10.0. The summed E-state index contributed by atoms with van der Waals surface area (Å²) >= 11 is 0. The Balaban J connectivity index is 2.35. The molecule has 0 fully saturated rings. The summed E-state index contributed by atoms with van der Waals surface area (Å²) in [5.41, 5.74) is 2.60. The van der Waals surface area contributed by atoms with Crippen LogP contribution in [0.5, 0.6) is 5.75 Å². The SMILES string of the molecule is COc1ccc2c(c1)c(-c1c(C(=O)O)cnn1C)cn2C. The molecule has 2 heterocycles. The zero-order valence-corrected chi connectivity index (χ0v) is 12.0. The molecule has 3 aromatic rings. The van der Waals surface area contributed by atoms with Crippen LogP contribution < -0.4 is 4.74 Å².